The maximum atomic E-state index is 12.7. The Morgan fingerprint density at radius 1 is 0.881 bits per heavy atom. The van der Waals surface area contributed by atoms with Crippen molar-refractivity contribution in [2.45, 2.75) is 58.3 Å². The summed E-state index contributed by atoms with van der Waals surface area (Å²) >= 11 is 1.81. The molecule has 226 valence electrons. The Kier molecular flexibility index (Phi) is 11.0. The van der Waals surface area contributed by atoms with Crippen molar-refractivity contribution in [2.24, 2.45) is 0 Å². The summed E-state index contributed by atoms with van der Waals surface area (Å²) in [6.45, 7) is 8.26. The lowest BCUT2D eigenvalue weighted by atomic mass is 10.0. The summed E-state index contributed by atoms with van der Waals surface area (Å²) in [7, 11) is 0. The molecular weight excluding hydrogens is 550 g/mol. The van der Waals surface area contributed by atoms with Gasteiger partial charge in [0.25, 0.3) is 0 Å². The van der Waals surface area contributed by atoms with E-state index in [2.05, 4.69) is 46.4 Å². The Morgan fingerprint density at radius 2 is 1.74 bits per heavy atom. The van der Waals surface area contributed by atoms with E-state index in [4.69, 9.17) is 14.2 Å². The first-order chi connectivity index (χ1) is 20.6. The molecule has 0 N–H and O–H groups in total. The molecule has 3 heterocycles. The number of ether oxygens (including phenoxy) is 3. The van der Waals surface area contributed by atoms with Crippen LogP contribution >= 0.6 is 11.3 Å². The van der Waals surface area contributed by atoms with Crippen molar-refractivity contribution in [1.29, 1.82) is 0 Å². The van der Waals surface area contributed by atoms with E-state index in [0.29, 0.717) is 26.1 Å². The first kappa shape index (κ1) is 30.2. The third-order valence-corrected chi connectivity index (χ3v) is 8.99. The number of hydrogen-bond acceptors (Lipinski definition) is 8. The minimum Gasteiger partial charge on any atom is -0.494 e. The number of nitrogens with zero attached hydrogens (tertiary/aromatic N) is 3. The van der Waals surface area contributed by atoms with Gasteiger partial charge >= 0.3 is 6.16 Å². The molecule has 0 unspecified atom stereocenters. The molecule has 1 aromatic heterocycles. The number of hydrogen-bond donors (Lipinski definition) is 0. The second-order valence-electron chi connectivity index (χ2n) is 11.0. The highest BCUT2D eigenvalue weighted by Gasteiger charge is 2.26. The number of carbonyl (C=O) groups excluding carboxylic acids is 2. The molecule has 0 saturated carbocycles. The fourth-order valence-electron chi connectivity index (χ4n) is 5.69. The minimum atomic E-state index is -0.736. The second kappa shape index (κ2) is 15.3. The van der Waals surface area contributed by atoms with Gasteiger partial charge < -0.3 is 19.1 Å². The van der Waals surface area contributed by atoms with Crippen LogP contribution in [0.1, 0.15) is 57.4 Å². The van der Waals surface area contributed by atoms with E-state index in [-0.39, 0.29) is 12.6 Å². The zero-order valence-electron chi connectivity index (χ0n) is 24.7. The van der Waals surface area contributed by atoms with Gasteiger partial charge in [0.15, 0.2) is 6.73 Å². The molecule has 0 atom stereocenters. The van der Waals surface area contributed by atoms with Gasteiger partial charge in [0, 0.05) is 54.4 Å². The van der Waals surface area contributed by atoms with Gasteiger partial charge in [-0.1, -0.05) is 38.3 Å². The van der Waals surface area contributed by atoms with Gasteiger partial charge in [-0.15, -0.1) is 11.3 Å². The third kappa shape index (κ3) is 7.95. The van der Waals surface area contributed by atoms with E-state index in [9.17, 15) is 9.59 Å². The molecule has 8 nitrogen and oxygen atoms in total. The van der Waals surface area contributed by atoms with Crippen molar-refractivity contribution in [2.75, 3.05) is 62.5 Å². The molecule has 1 amide bonds. The van der Waals surface area contributed by atoms with Crippen molar-refractivity contribution in [1.82, 2.24) is 4.90 Å². The number of unbranched alkanes of at least 4 members (excludes halogenated alkanes) is 4. The Bertz CT molecular complexity index is 1320. The molecule has 2 aromatic carbocycles. The minimum absolute atomic E-state index is 0.0671. The molecule has 2 aliphatic heterocycles. The highest BCUT2D eigenvalue weighted by molar-refractivity contribution is 7.17. The summed E-state index contributed by atoms with van der Waals surface area (Å²) < 4.78 is 17.8. The fraction of sp³-hybridized carbons (Fsp3) is 0.515. The van der Waals surface area contributed by atoms with Crippen LogP contribution in [0.3, 0.4) is 0 Å². The third-order valence-electron chi connectivity index (χ3n) is 8.11. The number of benzene rings is 2. The molecule has 0 bridgehead atoms. The standard InChI is InChI=1S/C33H43N3O5S/c1-2-3-4-6-22-40-33(38)41-25-36-30-24-27(13-11-26(30)12-14-32(36)37)39-21-7-5-16-34-17-19-35(20-18-34)29-9-8-10-31-28(29)15-23-42-31/h8-11,13,15,23-24H,2-7,12,14,16-22,25H2,1H3. The summed E-state index contributed by atoms with van der Waals surface area (Å²) in [4.78, 5) is 31.3. The summed E-state index contributed by atoms with van der Waals surface area (Å²) in [5, 5.41) is 3.54. The van der Waals surface area contributed by atoms with Crippen LogP contribution in [0.2, 0.25) is 0 Å². The van der Waals surface area contributed by atoms with Crippen molar-refractivity contribution in [3.8, 4) is 5.75 Å². The van der Waals surface area contributed by atoms with Crippen LogP contribution in [0.4, 0.5) is 16.2 Å². The lowest BCUT2D eigenvalue weighted by Crippen LogP contribution is -2.46. The summed E-state index contributed by atoms with van der Waals surface area (Å²) in [5.74, 6) is 0.658. The average Bonchev–Trinajstić information content (AvgIpc) is 3.50. The molecule has 1 fully saturated rings. The maximum Gasteiger partial charge on any atom is 0.510 e. The number of amides is 1. The van der Waals surface area contributed by atoms with Gasteiger partial charge in [-0.05, 0) is 67.4 Å². The first-order valence-corrected chi connectivity index (χ1v) is 16.3. The number of thiophene rings is 1. The van der Waals surface area contributed by atoms with E-state index >= 15 is 0 Å². The van der Waals surface area contributed by atoms with Gasteiger partial charge in [0.2, 0.25) is 5.91 Å². The first-order valence-electron chi connectivity index (χ1n) is 15.4. The zero-order valence-corrected chi connectivity index (χ0v) is 25.5. The number of fused-ring (bicyclic) bond motifs is 2. The van der Waals surface area contributed by atoms with E-state index in [1.54, 1.807) is 11.3 Å². The topological polar surface area (TPSA) is 71.5 Å². The smallest absolute Gasteiger partial charge is 0.494 e. The van der Waals surface area contributed by atoms with Crippen LogP contribution < -0.4 is 14.5 Å². The second-order valence-corrected chi connectivity index (χ2v) is 12.0. The summed E-state index contributed by atoms with van der Waals surface area (Å²) in [5.41, 5.74) is 3.15. The molecule has 3 aromatic rings. The molecule has 9 heteroatoms. The number of piperazine rings is 1. The molecule has 2 aliphatic rings. The highest BCUT2D eigenvalue weighted by Crippen LogP contribution is 2.32. The number of carbonyl (C=O) groups is 2. The van der Waals surface area contributed by atoms with E-state index in [1.807, 2.05) is 18.2 Å². The highest BCUT2D eigenvalue weighted by atomic mass is 32.1. The Labute approximate surface area is 253 Å². The fourth-order valence-corrected chi connectivity index (χ4v) is 6.49. The normalized spacial score (nSPS) is 15.6. The molecule has 42 heavy (non-hydrogen) atoms. The molecule has 0 spiro atoms. The van der Waals surface area contributed by atoms with E-state index in [1.165, 1.54) is 20.7 Å². The van der Waals surface area contributed by atoms with Crippen molar-refractivity contribution < 1.29 is 23.8 Å². The van der Waals surface area contributed by atoms with Crippen LogP contribution in [0.25, 0.3) is 10.1 Å². The van der Waals surface area contributed by atoms with Gasteiger partial charge in [-0.3, -0.25) is 14.6 Å². The quantitative estimate of drug-likeness (QED) is 0.150. The number of anilines is 2. The SMILES string of the molecule is CCCCCCOC(=O)OCN1C(=O)CCc2ccc(OCCCCN3CCN(c4cccc5sccc45)CC3)cc21. The monoisotopic (exact) mass is 593 g/mol. The van der Waals surface area contributed by atoms with Crippen LogP contribution in [-0.2, 0) is 20.7 Å². The molecule has 0 aliphatic carbocycles. The molecular formula is C33H43N3O5S. The van der Waals surface area contributed by atoms with Gasteiger partial charge in [0.1, 0.15) is 5.75 Å². The van der Waals surface area contributed by atoms with Crippen molar-refractivity contribution in [3.63, 3.8) is 0 Å². The summed E-state index contributed by atoms with van der Waals surface area (Å²) in [6.07, 6.45) is 6.44. The van der Waals surface area contributed by atoms with E-state index < -0.39 is 6.16 Å². The van der Waals surface area contributed by atoms with Crippen molar-refractivity contribution in [3.05, 3.63) is 53.4 Å². The van der Waals surface area contributed by atoms with E-state index in [0.717, 1.165) is 88.2 Å². The van der Waals surface area contributed by atoms with Crippen molar-refractivity contribution >= 4 is 44.9 Å². The van der Waals surface area contributed by atoms with Gasteiger partial charge in [0.05, 0.1) is 18.9 Å². The molecule has 5 rings (SSSR count). The Hall–Kier alpha value is -3.30. The number of rotatable bonds is 14. The van der Waals surface area contributed by atoms with Crippen LogP contribution in [0.5, 0.6) is 5.75 Å². The predicted octanol–water partition coefficient (Wildman–Crippen LogP) is 6.85. The van der Waals surface area contributed by atoms with Crippen LogP contribution in [0.15, 0.2) is 47.8 Å². The number of aryl methyl sites for hydroxylation is 1. The maximum absolute atomic E-state index is 12.7. The average molecular weight is 594 g/mol. The zero-order chi connectivity index (χ0) is 29.1. The van der Waals surface area contributed by atoms with Crippen LogP contribution in [-0.4, -0.2) is 69.6 Å². The predicted molar refractivity (Wildman–Crippen MR) is 169 cm³/mol. The lowest BCUT2D eigenvalue weighted by molar-refractivity contribution is -0.119. The Morgan fingerprint density at radius 3 is 2.60 bits per heavy atom. The molecule has 1 saturated heterocycles. The Balaban J connectivity index is 1.02. The van der Waals surface area contributed by atoms with Gasteiger partial charge in [-0.2, -0.15) is 0 Å². The lowest BCUT2D eigenvalue weighted by Gasteiger charge is -2.36. The largest absolute Gasteiger partial charge is 0.510 e. The van der Waals surface area contributed by atoms with Gasteiger partial charge in [-0.25, -0.2) is 4.79 Å². The summed E-state index contributed by atoms with van der Waals surface area (Å²) in [6, 6.07) is 14.7. The van der Waals surface area contributed by atoms with Crippen LogP contribution in [0, 0.1) is 0 Å². The molecule has 0 radical (unpaired) electrons.